The third kappa shape index (κ3) is 4.45. The minimum atomic E-state index is -0.0587. The Balaban J connectivity index is 1.38. The van der Waals surface area contributed by atoms with Gasteiger partial charge in [0.05, 0.1) is 13.2 Å². The van der Waals surface area contributed by atoms with Gasteiger partial charge in [-0.25, -0.2) is 4.79 Å². The predicted octanol–water partition coefficient (Wildman–Crippen LogP) is 1.66. The molecule has 126 valence electrons. The summed E-state index contributed by atoms with van der Waals surface area (Å²) in [7, 11) is 0. The van der Waals surface area contributed by atoms with E-state index in [0.717, 1.165) is 52.2 Å². The normalized spacial score (nSPS) is 20.0. The van der Waals surface area contributed by atoms with Crippen LogP contribution in [0.25, 0.3) is 0 Å². The van der Waals surface area contributed by atoms with Gasteiger partial charge in [-0.05, 0) is 25.3 Å². The molecule has 5 nitrogen and oxygen atoms in total. The van der Waals surface area contributed by atoms with Crippen molar-refractivity contribution in [3.05, 3.63) is 35.4 Å². The van der Waals surface area contributed by atoms with Crippen LogP contribution in [0.3, 0.4) is 0 Å². The van der Waals surface area contributed by atoms with Gasteiger partial charge in [0.2, 0.25) is 0 Å². The topological polar surface area (TPSA) is 53.6 Å². The largest absolute Gasteiger partial charge is 0.379 e. The van der Waals surface area contributed by atoms with Gasteiger partial charge in [0.1, 0.15) is 0 Å². The Morgan fingerprint density at radius 3 is 2.52 bits per heavy atom. The number of aryl methyl sites for hydroxylation is 1. The van der Waals surface area contributed by atoms with Gasteiger partial charge in [0.15, 0.2) is 0 Å². The van der Waals surface area contributed by atoms with Gasteiger partial charge < -0.3 is 15.4 Å². The summed E-state index contributed by atoms with van der Waals surface area (Å²) >= 11 is 0. The van der Waals surface area contributed by atoms with Crippen molar-refractivity contribution in [2.75, 3.05) is 45.9 Å². The Bertz CT molecular complexity index is 520. The average molecular weight is 317 g/mol. The molecule has 1 aromatic carbocycles. The molecule has 1 aromatic rings. The highest BCUT2D eigenvalue weighted by Crippen LogP contribution is 2.47. The third-order valence-corrected chi connectivity index (χ3v) is 4.92. The van der Waals surface area contributed by atoms with Crippen LogP contribution >= 0.6 is 0 Å². The fourth-order valence-electron chi connectivity index (χ4n) is 3.09. The summed E-state index contributed by atoms with van der Waals surface area (Å²) in [6.07, 6.45) is 2.31. The van der Waals surface area contributed by atoms with Crippen molar-refractivity contribution in [2.45, 2.75) is 25.2 Å². The second-order valence-electron chi connectivity index (χ2n) is 6.71. The fourth-order valence-corrected chi connectivity index (χ4v) is 3.09. The quantitative estimate of drug-likeness (QED) is 0.839. The summed E-state index contributed by atoms with van der Waals surface area (Å²) in [5, 5.41) is 6.00. The number of carbonyl (C=O) groups excluding carboxylic acids is 1. The molecule has 2 N–H and O–H groups in total. The first-order valence-corrected chi connectivity index (χ1v) is 8.57. The minimum absolute atomic E-state index is 0.0587. The maximum absolute atomic E-state index is 12.0. The molecule has 23 heavy (non-hydrogen) atoms. The summed E-state index contributed by atoms with van der Waals surface area (Å²) < 4.78 is 5.32. The van der Waals surface area contributed by atoms with Crippen LogP contribution in [0.15, 0.2) is 24.3 Å². The van der Waals surface area contributed by atoms with E-state index >= 15 is 0 Å². The molecule has 0 aromatic heterocycles. The van der Waals surface area contributed by atoms with Crippen LogP contribution in [0.5, 0.6) is 0 Å². The van der Waals surface area contributed by atoms with Gasteiger partial charge >= 0.3 is 6.03 Å². The van der Waals surface area contributed by atoms with Crippen molar-refractivity contribution in [1.29, 1.82) is 0 Å². The van der Waals surface area contributed by atoms with Crippen LogP contribution in [-0.2, 0) is 10.2 Å². The molecule has 0 radical (unpaired) electrons. The molecule has 1 saturated carbocycles. The van der Waals surface area contributed by atoms with Crippen molar-refractivity contribution < 1.29 is 9.53 Å². The van der Waals surface area contributed by atoms with E-state index in [1.165, 1.54) is 11.1 Å². The monoisotopic (exact) mass is 317 g/mol. The van der Waals surface area contributed by atoms with Crippen molar-refractivity contribution in [3.8, 4) is 0 Å². The smallest absolute Gasteiger partial charge is 0.314 e. The van der Waals surface area contributed by atoms with Crippen molar-refractivity contribution in [2.24, 2.45) is 0 Å². The van der Waals surface area contributed by atoms with Crippen molar-refractivity contribution in [3.63, 3.8) is 0 Å². The Hall–Kier alpha value is -1.59. The number of nitrogens with zero attached hydrogens (tertiary/aromatic N) is 1. The first-order valence-electron chi connectivity index (χ1n) is 8.57. The van der Waals surface area contributed by atoms with Crippen LogP contribution in [0, 0.1) is 6.92 Å². The Labute approximate surface area is 138 Å². The highest BCUT2D eigenvalue weighted by Gasteiger charge is 2.44. The molecule has 1 aliphatic carbocycles. The van der Waals surface area contributed by atoms with Crippen molar-refractivity contribution >= 4 is 6.03 Å². The van der Waals surface area contributed by atoms with E-state index in [0.29, 0.717) is 6.54 Å². The zero-order valence-corrected chi connectivity index (χ0v) is 13.9. The number of ether oxygens (including phenoxy) is 1. The van der Waals surface area contributed by atoms with Crippen LogP contribution in [0.4, 0.5) is 4.79 Å². The predicted molar refractivity (Wildman–Crippen MR) is 90.8 cm³/mol. The van der Waals surface area contributed by atoms with Gasteiger partial charge in [-0.15, -0.1) is 0 Å². The lowest BCUT2D eigenvalue weighted by Gasteiger charge is -2.26. The summed E-state index contributed by atoms with van der Waals surface area (Å²) in [6, 6.07) is 8.63. The number of nitrogens with one attached hydrogen (secondary N) is 2. The molecule has 1 heterocycles. The lowest BCUT2D eigenvalue weighted by Crippen LogP contribution is -2.45. The van der Waals surface area contributed by atoms with Crippen LogP contribution < -0.4 is 10.6 Å². The molecule has 2 amide bonds. The van der Waals surface area contributed by atoms with Crippen LogP contribution in [0.2, 0.25) is 0 Å². The van der Waals surface area contributed by atoms with E-state index in [1.807, 2.05) is 0 Å². The van der Waals surface area contributed by atoms with E-state index in [-0.39, 0.29) is 11.4 Å². The van der Waals surface area contributed by atoms with Crippen LogP contribution in [0.1, 0.15) is 24.0 Å². The van der Waals surface area contributed by atoms with Gasteiger partial charge in [-0.3, -0.25) is 4.90 Å². The Kier molecular flexibility index (Phi) is 5.18. The number of carbonyl (C=O) groups is 1. The molecule has 0 spiro atoms. The molecule has 0 bridgehead atoms. The van der Waals surface area contributed by atoms with Crippen LogP contribution in [-0.4, -0.2) is 56.9 Å². The average Bonchev–Trinajstić information content (AvgIpc) is 3.36. The van der Waals surface area contributed by atoms with E-state index in [2.05, 4.69) is 46.7 Å². The summed E-state index contributed by atoms with van der Waals surface area (Å²) in [4.78, 5) is 14.3. The number of morpholine rings is 1. The number of benzene rings is 1. The Morgan fingerprint density at radius 1 is 1.17 bits per heavy atom. The first-order chi connectivity index (χ1) is 11.2. The molecular weight excluding hydrogens is 290 g/mol. The third-order valence-electron chi connectivity index (χ3n) is 4.92. The summed E-state index contributed by atoms with van der Waals surface area (Å²) in [5.41, 5.74) is 2.78. The molecule has 5 heteroatoms. The van der Waals surface area contributed by atoms with Gasteiger partial charge in [0.25, 0.3) is 0 Å². The van der Waals surface area contributed by atoms with E-state index in [9.17, 15) is 4.79 Å². The molecule has 0 atom stereocenters. The van der Waals surface area contributed by atoms with Gasteiger partial charge in [0, 0.05) is 38.1 Å². The number of hydrogen-bond acceptors (Lipinski definition) is 3. The Morgan fingerprint density at radius 2 is 1.87 bits per heavy atom. The van der Waals surface area contributed by atoms with E-state index in [4.69, 9.17) is 4.74 Å². The number of hydrogen-bond donors (Lipinski definition) is 2. The van der Waals surface area contributed by atoms with Crippen molar-refractivity contribution in [1.82, 2.24) is 15.5 Å². The second-order valence-corrected chi connectivity index (χ2v) is 6.71. The second kappa shape index (κ2) is 7.32. The standard InChI is InChI=1S/C18H27N3O2/c1-15-2-4-16(5-3-15)18(6-7-18)14-20-17(22)19-8-9-21-10-12-23-13-11-21/h2-5H,6-14H2,1H3,(H2,19,20,22). The van der Waals surface area contributed by atoms with Gasteiger partial charge in [-0.2, -0.15) is 0 Å². The molecule has 2 fully saturated rings. The zero-order valence-electron chi connectivity index (χ0n) is 13.9. The highest BCUT2D eigenvalue weighted by atomic mass is 16.5. The number of rotatable bonds is 6. The van der Waals surface area contributed by atoms with E-state index < -0.39 is 0 Å². The first kappa shape index (κ1) is 16.3. The molecule has 2 aliphatic rings. The molecule has 1 aliphatic heterocycles. The fraction of sp³-hybridized carbons (Fsp3) is 0.611. The molecule has 0 unspecified atom stereocenters. The molecule has 3 rings (SSSR count). The highest BCUT2D eigenvalue weighted by molar-refractivity contribution is 5.74. The molecule has 1 saturated heterocycles. The number of urea groups is 1. The van der Waals surface area contributed by atoms with Gasteiger partial charge in [-0.1, -0.05) is 29.8 Å². The SMILES string of the molecule is Cc1ccc(C2(CNC(=O)NCCN3CCOCC3)CC2)cc1. The lowest BCUT2D eigenvalue weighted by atomic mass is 9.95. The molecular formula is C18H27N3O2. The maximum atomic E-state index is 12.0. The summed E-state index contributed by atoms with van der Waals surface area (Å²) in [5.74, 6) is 0. The lowest BCUT2D eigenvalue weighted by molar-refractivity contribution is 0.0387. The maximum Gasteiger partial charge on any atom is 0.314 e. The zero-order chi connectivity index (χ0) is 16.1. The summed E-state index contributed by atoms with van der Waals surface area (Å²) in [6.45, 7) is 7.91. The minimum Gasteiger partial charge on any atom is -0.379 e. The number of amides is 2. The van der Waals surface area contributed by atoms with E-state index in [1.54, 1.807) is 0 Å².